The van der Waals surface area contributed by atoms with Gasteiger partial charge in [0, 0.05) is 13.1 Å². The lowest BCUT2D eigenvalue weighted by Gasteiger charge is -2.35. The summed E-state index contributed by atoms with van der Waals surface area (Å²) in [6, 6.07) is 6.18. The molecule has 1 aliphatic heterocycles. The Bertz CT molecular complexity index is 423. The van der Waals surface area contributed by atoms with Gasteiger partial charge in [0.15, 0.2) is 0 Å². The average molecular weight is 247 g/mol. The van der Waals surface area contributed by atoms with Gasteiger partial charge in [-0.3, -0.25) is 5.41 Å². The highest BCUT2D eigenvalue weighted by molar-refractivity contribution is 5.93. The summed E-state index contributed by atoms with van der Waals surface area (Å²) < 4.78 is 0. The molecule has 0 saturated carbocycles. The van der Waals surface area contributed by atoms with Crippen molar-refractivity contribution in [1.82, 2.24) is 9.88 Å². The van der Waals surface area contributed by atoms with Crippen molar-refractivity contribution in [1.29, 1.82) is 5.41 Å². The Balaban J connectivity index is 2.10. The zero-order chi connectivity index (χ0) is 13.1. The van der Waals surface area contributed by atoms with E-state index in [1.165, 1.54) is 0 Å². The monoisotopic (exact) mass is 247 g/mol. The number of likely N-dealkylation sites (tertiary alicyclic amines) is 1. The molecule has 18 heavy (non-hydrogen) atoms. The smallest absolute Gasteiger partial charge is 0.141 e. The Labute approximate surface area is 108 Å². The quantitative estimate of drug-likeness (QED) is 0.615. The minimum absolute atomic E-state index is 0.0219. The van der Waals surface area contributed by atoms with Gasteiger partial charge in [-0.25, -0.2) is 4.98 Å². The molecule has 1 fully saturated rings. The molecule has 0 bridgehead atoms. The molecule has 1 aromatic rings. The maximum absolute atomic E-state index is 7.43. The van der Waals surface area contributed by atoms with Gasteiger partial charge in [0.2, 0.25) is 0 Å². The Hall–Kier alpha value is -1.62. The predicted octanol–water partition coefficient (Wildman–Crippen LogP) is 0.896. The molecule has 1 saturated heterocycles. The second-order valence-electron chi connectivity index (χ2n) is 4.94. The zero-order valence-corrected chi connectivity index (χ0v) is 11.1. The number of hydrogen-bond donors (Lipinski definition) is 2. The third-order valence-electron chi connectivity index (χ3n) is 3.61. The molecule has 0 atom stereocenters. The molecule has 98 valence electrons. The van der Waals surface area contributed by atoms with Gasteiger partial charge in [-0.2, -0.15) is 0 Å². The number of aromatic nitrogens is 1. The van der Waals surface area contributed by atoms with Crippen molar-refractivity contribution in [3.8, 4) is 0 Å². The third-order valence-corrected chi connectivity index (χ3v) is 3.61. The number of nitrogen functional groups attached to an aromatic ring is 1. The fraction of sp³-hybridized carbons (Fsp3) is 0.538. The van der Waals surface area contributed by atoms with Crippen molar-refractivity contribution >= 4 is 11.7 Å². The Morgan fingerprint density at radius 3 is 2.72 bits per heavy atom. The van der Waals surface area contributed by atoms with E-state index in [0.29, 0.717) is 11.7 Å². The van der Waals surface area contributed by atoms with Crippen molar-refractivity contribution in [3.05, 3.63) is 23.9 Å². The fourth-order valence-corrected chi connectivity index (χ4v) is 2.34. The van der Waals surface area contributed by atoms with Crippen molar-refractivity contribution in [3.63, 3.8) is 0 Å². The van der Waals surface area contributed by atoms with E-state index >= 15 is 0 Å². The number of amidine groups is 1. The number of pyridine rings is 1. The second-order valence-corrected chi connectivity index (χ2v) is 4.94. The van der Waals surface area contributed by atoms with Crippen LogP contribution < -0.4 is 10.6 Å². The van der Waals surface area contributed by atoms with Crippen LogP contribution in [0.2, 0.25) is 0 Å². The molecule has 0 amide bonds. The molecule has 2 rings (SSSR count). The highest BCUT2D eigenvalue weighted by Gasteiger charge is 2.21. The zero-order valence-electron chi connectivity index (χ0n) is 11.1. The van der Waals surface area contributed by atoms with Gasteiger partial charge in [0.1, 0.15) is 17.3 Å². The lowest BCUT2D eigenvalue weighted by molar-refractivity contribution is 0.252. The first-order chi connectivity index (χ1) is 8.58. The second kappa shape index (κ2) is 5.35. The summed E-state index contributed by atoms with van der Waals surface area (Å²) in [5, 5.41) is 7.43. The molecular formula is C13H21N5. The summed E-state index contributed by atoms with van der Waals surface area (Å²) in [5.41, 5.74) is 6.02. The highest BCUT2D eigenvalue weighted by atomic mass is 15.2. The number of hydrogen-bond acceptors (Lipinski definition) is 4. The summed E-state index contributed by atoms with van der Waals surface area (Å²) in [5.74, 6) is 0.922. The number of piperidine rings is 1. The first-order valence-corrected chi connectivity index (χ1v) is 6.31. The number of anilines is 1. The van der Waals surface area contributed by atoms with E-state index in [9.17, 15) is 0 Å². The summed E-state index contributed by atoms with van der Waals surface area (Å²) in [6.45, 7) is 2.25. The van der Waals surface area contributed by atoms with Crippen LogP contribution in [0.4, 0.5) is 5.82 Å². The van der Waals surface area contributed by atoms with E-state index in [-0.39, 0.29) is 5.84 Å². The van der Waals surface area contributed by atoms with Crippen molar-refractivity contribution in [2.75, 3.05) is 32.1 Å². The Kier molecular flexibility index (Phi) is 3.81. The molecule has 1 aromatic heterocycles. The van der Waals surface area contributed by atoms with Crippen molar-refractivity contribution in [2.45, 2.75) is 18.9 Å². The van der Waals surface area contributed by atoms with Gasteiger partial charge in [-0.05, 0) is 45.1 Å². The van der Waals surface area contributed by atoms with Crippen LogP contribution in [0.25, 0.3) is 0 Å². The molecule has 5 heteroatoms. The average Bonchev–Trinajstić information content (AvgIpc) is 2.39. The lowest BCUT2D eigenvalue weighted by atomic mass is 10.0. The van der Waals surface area contributed by atoms with Gasteiger partial charge in [-0.15, -0.1) is 0 Å². The van der Waals surface area contributed by atoms with Crippen LogP contribution in [0.5, 0.6) is 0 Å². The molecule has 3 N–H and O–H groups in total. The Morgan fingerprint density at radius 2 is 2.11 bits per heavy atom. The van der Waals surface area contributed by atoms with Crippen LogP contribution in [0.1, 0.15) is 18.5 Å². The van der Waals surface area contributed by atoms with Gasteiger partial charge in [0.25, 0.3) is 0 Å². The van der Waals surface area contributed by atoms with E-state index in [1.54, 1.807) is 6.07 Å². The van der Waals surface area contributed by atoms with E-state index in [4.69, 9.17) is 11.1 Å². The van der Waals surface area contributed by atoms with Crippen LogP contribution in [0.3, 0.4) is 0 Å². The maximum atomic E-state index is 7.43. The molecular weight excluding hydrogens is 226 g/mol. The van der Waals surface area contributed by atoms with Crippen molar-refractivity contribution in [2.24, 2.45) is 5.73 Å². The van der Waals surface area contributed by atoms with Gasteiger partial charge in [0.05, 0.1) is 0 Å². The first-order valence-electron chi connectivity index (χ1n) is 6.31. The van der Waals surface area contributed by atoms with E-state index < -0.39 is 0 Å². The maximum Gasteiger partial charge on any atom is 0.141 e. The molecule has 2 heterocycles. The van der Waals surface area contributed by atoms with Crippen LogP contribution in [0, 0.1) is 5.41 Å². The molecule has 1 aliphatic rings. The highest BCUT2D eigenvalue weighted by Crippen LogP contribution is 2.20. The number of nitrogens with zero attached hydrogens (tertiary/aromatic N) is 3. The third kappa shape index (κ3) is 2.79. The summed E-state index contributed by atoms with van der Waals surface area (Å²) >= 11 is 0. The molecule has 0 aliphatic carbocycles. The topological polar surface area (TPSA) is 69.2 Å². The standard InChI is InChI=1S/C13H21N5/c1-17-8-6-10(7-9-17)18(2)12-5-3-4-11(16-12)13(14)15/h3-5,10H,6-9H2,1-2H3,(H3,14,15). The van der Waals surface area contributed by atoms with Crippen molar-refractivity contribution < 1.29 is 0 Å². The summed E-state index contributed by atoms with van der Waals surface area (Å²) in [6.07, 6.45) is 2.30. The van der Waals surface area contributed by atoms with Crippen LogP contribution in [-0.2, 0) is 0 Å². The van der Waals surface area contributed by atoms with Crippen LogP contribution in [-0.4, -0.2) is 48.9 Å². The number of nitrogens with two attached hydrogens (primary N) is 1. The first kappa shape index (κ1) is 12.8. The van der Waals surface area contributed by atoms with Crippen LogP contribution in [0.15, 0.2) is 18.2 Å². The van der Waals surface area contributed by atoms with E-state index in [2.05, 4.69) is 28.9 Å². The fourth-order valence-electron chi connectivity index (χ4n) is 2.34. The van der Waals surface area contributed by atoms with Gasteiger partial charge in [-0.1, -0.05) is 6.07 Å². The minimum Gasteiger partial charge on any atom is -0.382 e. The molecule has 5 nitrogen and oxygen atoms in total. The largest absolute Gasteiger partial charge is 0.382 e. The SMILES string of the molecule is CN1CCC(N(C)c2cccc(C(=N)N)n2)CC1. The predicted molar refractivity (Wildman–Crippen MR) is 74.2 cm³/mol. The Morgan fingerprint density at radius 1 is 1.44 bits per heavy atom. The van der Waals surface area contributed by atoms with Gasteiger partial charge >= 0.3 is 0 Å². The molecule has 0 spiro atoms. The summed E-state index contributed by atoms with van der Waals surface area (Å²) in [4.78, 5) is 8.99. The van der Waals surface area contributed by atoms with E-state index in [1.807, 2.05) is 12.1 Å². The lowest BCUT2D eigenvalue weighted by Crippen LogP contribution is -2.42. The summed E-state index contributed by atoms with van der Waals surface area (Å²) in [7, 11) is 4.23. The molecule has 0 aromatic carbocycles. The van der Waals surface area contributed by atoms with Crippen LogP contribution >= 0.6 is 0 Å². The van der Waals surface area contributed by atoms with Gasteiger partial charge < -0.3 is 15.5 Å². The normalized spacial score (nSPS) is 17.7. The molecule has 0 unspecified atom stereocenters. The number of rotatable bonds is 3. The molecule has 0 radical (unpaired) electrons. The van der Waals surface area contributed by atoms with E-state index in [0.717, 1.165) is 31.7 Å². The number of nitrogens with one attached hydrogen (secondary N) is 1. The minimum atomic E-state index is 0.0219.